The van der Waals surface area contributed by atoms with Crippen LogP contribution in [0.25, 0.3) is 0 Å². The molecule has 94 valence electrons. The highest BCUT2D eigenvalue weighted by Crippen LogP contribution is 2.35. The number of halogens is 1. The van der Waals surface area contributed by atoms with Crippen LogP contribution in [-0.2, 0) is 0 Å². The summed E-state index contributed by atoms with van der Waals surface area (Å²) in [5.41, 5.74) is 0. The van der Waals surface area contributed by atoms with Crippen LogP contribution in [0.4, 0.5) is 0 Å². The van der Waals surface area contributed by atoms with E-state index in [-0.39, 0.29) is 0 Å². The lowest BCUT2D eigenvalue weighted by Gasteiger charge is -2.20. The van der Waals surface area contributed by atoms with E-state index in [9.17, 15) is 0 Å². The number of hydrogen-bond donors (Lipinski definition) is 1. The van der Waals surface area contributed by atoms with Crippen molar-refractivity contribution in [3.63, 3.8) is 0 Å². The first-order valence-corrected chi connectivity index (χ1v) is 8.12. The molecular formula is C14H20BrNS. The first-order chi connectivity index (χ1) is 8.29. The van der Waals surface area contributed by atoms with E-state index in [4.69, 9.17) is 0 Å². The van der Waals surface area contributed by atoms with Crippen molar-refractivity contribution < 1.29 is 0 Å². The minimum absolute atomic E-state index is 0.712. The Labute approximate surface area is 117 Å². The number of hydrogen-bond acceptors (Lipinski definition) is 2. The number of thioether (sulfide) groups is 1. The average Bonchev–Trinajstić information content (AvgIpc) is 2.77. The maximum Gasteiger partial charge on any atom is 0.0248 e. The van der Waals surface area contributed by atoms with Crippen LogP contribution in [0.3, 0.4) is 0 Å². The van der Waals surface area contributed by atoms with Crippen LogP contribution in [0.1, 0.15) is 32.6 Å². The fourth-order valence-corrected chi connectivity index (χ4v) is 3.91. The van der Waals surface area contributed by atoms with E-state index >= 15 is 0 Å². The highest BCUT2D eigenvalue weighted by Gasteiger charge is 2.27. The third-order valence-electron chi connectivity index (χ3n) is 3.21. The van der Waals surface area contributed by atoms with Gasteiger partial charge in [-0.2, -0.15) is 0 Å². The molecule has 0 spiro atoms. The SMILES string of the molecule is CCCNC1CCCC1Sc1ccc(Br)cc1. The zero-order valence-electron chi connectivity index (χ0n) is 10.3. The molecule has 0 saturated heterocycles. The second-order valence-corrected chi connectivity index (χ2v) is 6.83. The fourth-order valence-electron chi connectivity index (χ4n) is 2.32. The second-order valence-electron chi connectivity index (χ2n) is 4.60. The maximum absolute atomic E-state index is 3.68. The monoisotopic (exact) mass is 313 g/mol. The minimum atomic E-state index is 0.712. The highest BCUT2D eigenvalue weighted by molar-refractivity contribution is 9.10. The van der Waals surface area contributed by atoms with Gasteiger partial charge in [-0.25, -0.2) is 0 Å². The van der Waals surface area contributed by atoms with Gasteiger partial charge < -0.3 is 5.32 Å². The lowest BCUT2D eigenvalue weighted by molar-refractivity contribution is 0.531. The molecule has 1 saturated carbocycles. The Morgan fingerprint density at radius 3 is 2.76 bits per heavy atom. The molecule has 1 aromatic carbocycles. The maximum atomic E-state index is 3.68. The van der Waals surface area contributed by atoms with Gasteiger partial charge in [0.05, 0.1) is 0 Å². The Bertz CT molecular complexity index is 339. The van der Waals surface area contributed by atoms with Crippen LogP contribution >= 0.6 is 27.7 Å². The molecule has 1 aromatic rings. The molecule has 2 rings (SSSR count). The van der Waals surface area contributed by atoms with Crippen LogP contribution in [-0.4, -0.2) is 17.8 Å². The van der Waals surface area contributed by atoms with Gasteiger partial charge in [0.2, 0.25) is 0 Å². The molecule has 3 heteroatoms. The largest absolute Gasteiger partial charge is 0.313 e. The van der Waals surface area contributed by atoms with Crippen molar-refractivity contribution in [3.05, 3.63) is 28.7 Å². The van der Waals surface area contributed by atoms with Crippen molar-refractivity contribution in [2.24, 2.45) is 0 Å². The van der Waals surface area contributed by atoms with Crippen molar-refractivity contribution in [3.8, 4) is 0 Å². The van der Waals surface area contributed by atoms with E-state index < -0.39 is 0 Å². The summed E-state index contributed by atoms with van der Waals surface area (Å²) in [6, 6.07) is 9.40. The molecule has 0 aliphatic heterocycles. The minimum Gasteiger partial charge on any atom is -0.313 e. The summed E-state index contributed by atoms with van der Waals surface area (Å²) in [5.74, 6) is 0. The van der Waals surface area contributed by atoms with Gasteiger partial charge in [-0.15, -0.1) is 11.8 Å². The third-order valence-corrected chi connectivity index (χ3v) is 5.15. The smallest absolute Gasteiger partial charge is 0.0248 e. The molecule has 0 heterocycles. The first-order valence-electron chi connectivity index (χ1n) is 6.45. The van der Waals surface area contributed by atoms with Gasteiger partial charge in [0.1, 0.15) is 0 Å². The van der Waals surface area contributed by atoms with Gasteiger partial charge in [-0.3, -0.25) is 0 Å². The molecule has 0 radical (unpaired) electrons. The number of rotatable bonds is 5. The van der Waals surface area contributed by atoms with E-state index in [0.29, 0.717) is 6.04 Å². The summed E-state index contributed by atoms with van der Waals surface area (Å²) >= 11 is 5.52. The van der Waals surface area contributed by atoms with Gasteiger partial charge in [-0.1, -0.05) is 29.3 Å². The van der Waals surface area contributed by atoms with Gasteiger partial charge >= 0.3 is 0 Å². The topological polar surface area (TPSA) is 12.0 Å². The van der Waals surface area contributed by atoms with Crippen molar-refractivity contribution in [2.75, 3.05) is 6.54 Å². The molecular weight excluding hydrogens is 294 g/mol. The predicted molar refractivity (Wildman–Crippen MR) is 79.7 cm³/mol. The van der Waals surface area contributed by atoms with Crippen LogP contribution in [0.5, 0.6) is 0 Å². The van der Waals surface area contributed by atoms with Gasteiger partial charge in [0, 0.05) is 20.7 Å². The molecule has 0 aromatic heterocycles. The van der Waals surface area contributed by atoms with E-state index in [1.165, 1.54) is 30.6 Å². The van der Waals surface area contributed by atoms with Crippen molar-refractivity contribution >= 4 is 27.7 Å². The number of nitrogens with one attached hydrogen (secondary N) is 1. The van der Waals surface area contributed by atoms with Crippen molar-refractivity contribution in [2.45, 2.75) is 48.8 Å². The Kier molecular flexibility index (Phi) is 5.39. The summed E-state index contributed by atoms with van der Waals surface area (Å²) in [4.78, 5) is 1.39. The summed E-state index contributed by atoms with van der Waals surface area (Å²) < 4.78 is 1.16. The van der Waals surface area contributed by atoms with E-state index in [1.807, 2.05) is 11.8 Å². The normalized spacial score (nSPS) is 24.1. The summed E-state index contributed by atoms with van der Waals surface area (Å²) in [5, 5.41) is 4.44. The van der Waals surface area contributed by atoms with Gasteiger partial charge in [0.25, 0.3) is 0 Å². The molecule has 0 bridgehead atoms. The van der Waals surface area contributed by atoms with Crippen LogP contribution in [0.2, 0.25) is 0 Å². The molecule has 1 N–H and O–H groups in total. The van der Waals surface area contributed by atoms with Crippen molar-refractivity contribution in [1.82, 2.24) is 5.32 Å². The Hall–Kier alpha value is 0.01000. The molecule has 1 nitrogen and oxygen atoms in total. The quantitative estimate of drug-likeness (QED) is 0.861. The third kappa shape index (κ3) is 4.01. The molecule has 2 unspecified atom stereocenters. The molecule has 2 atom stereocenters. The molecule has 0 amide bonds. The summed E-state index contributed by atoms with van der Waals surface area (Å²) in [6.45, 7) is 3.39. The Balaban J connectivity index is 1.90. The molecule has 17 heavy (non-hydrogen) atoms. The van der Waals surface area contributed by atoms with E-state index in [1.54, 1.807) is 0 Å². The highest BCUT2D eigenvalue weighted by atomic mass is 79.9. The lowest BCUT2D eigenvalue weighted by atomic mass is 10.2. The zero-order valence-corrected chi connectivity index (χ0v) is 12.7. The number of benzene rings is 1. The van der Waals surface area contributed by atoms with Crippen LogP contribution < -0.4 is 5.32 Å². The zero-order chi connectivity index (χ0) is 12.1. The van der Waals surface area contributed by atoms with Crippen molar-refractivity contribution in [1.29, 1.82) is 0 Å². The van der Waals surface area contributed by atoms with Crippen LogP contribution in [0, 0.1) is 0 Å². The molecule has 1 aliphatic rings. The Morgan fingerprint density at radius 1 is 1.29 bits per heavy atom. The lowest BCUT2D eigenvalue weighted by Crippen LogP contribution is -2.34. The summed E-state index contributed by atoms with van der Waals surface area (Å²) in [7, 11) is 0. The fraction of sp³-hybridized carbons (Fsp3) is 0.571. The van der Waals surface area contributed by atoms with Gasteiger partial charge in [0.15, 0.2) is 0 Å². The standard InChI is InChI=1S/C14H20BrNS/c1-2-10-16-13-4-3-5-14(13)17-12-8-6-11(15)7-9-12/h6-9,13-14,16H,2-5,10H2,1H3. The van der Waals surface area contributed by atoms with Crippen LogP contribution in [0.15, 0.2) is 33.6 Å². The molecule has 1 aliphatic carbocycles. The van der Waals surface area contributed by atoms with E-state index in [2.05, 4.69) is 52.4 Å². The Morgan fingerprint density at radius 2 is 2.06 bits per heavy atom. The predicted octanol–water partition coefficient (Wildman–Crippen LogP) is 4.46. The first kappa shape index (κ1) is 13.4. The second kappa shape index (κ2) is 6.81. The van der Waals surface area contributed by atoms with Gasteiger partial charge in [-0.05, 0) is 50.1 Å². The molecule has 1 fully saturated rings. The summed E-state index contributed by atoms with van der Waals surface area (Å²) in [6.07, 6.45) is 5.29. The van der Waals surface area contributed by atoms with E-state index in [0.717, 1.165) is 16.3 Å². The average molecular weight is 314 g/mol.